The highest BCUT2D eigenvalue weighted by molar-refractivity contribution is 7.09. The van der Waals surface area contributed by atoms with E-state index in [9.17, 15) is 4.79 Å². The minimum absolute atomic E-state index is 0.0401. The van der Waals surface area contributed by atoms with Gasteiger partial charge in [-0.05, 0) is 19.4 Å². The van der Waals surface area contributed by atoms with Gasteiger partial charge in [0.2, 0.25) is 5.91 Å². The third kappa shape index (κ3) is 3.48. The molecule has 3 aromatic rings. The molecule has 0 aliphatic heterocycles. The zero-order valence-corrected chi connectivity index (χ0v) is 13.9. The highest BCUT2D eigenvalue weighted by atomic mass is 32.1. The lowest BCUT2D eigenvalue weighted by atomic mass is 10.1. The van der Waals surface area contributed by atoms with E-state index >= 15 is 0 Å². The zero-order valence-electron chi connectivity index (χ0n) is 13.0. The van der Waals surface area contributed by atoms with Gasteiger partial charge in [-0.2, -0.15) is 5.10 Å². The quantitative estimate of drug-likeness (QED) is 0.757. The molecule has 5 nitrogen and oxygen atoms in total. The topological polar surface area (TPSA) is 70.7 Å². The predicted octanol–water partition coefficient (Wildman–Crippen LogP) is 2.93. The summed E-state index contributed by atoms with van der Waals surface area (Å²) in [7, 11) is 0. The van der Waals surface area contributed by atoms with E-state index in [4.69, 9.17) is 0 Å². The van der Waals surface area contributed by atoms with Gasteiger partial charge < -0.3 is 5.32 Å². The Morgan fingerprint density at radius 2 is 2.09 bits per heavy atom. The summed E-state index contributed by atoms with van der Waals surface area (Å²) in [6.45, 7) is 3.83. The molecule has 0 aliphatic carbocycles. The van der Waals surface area contributed by atoms with Crippen molar-refractivity contribution in [3.8, 4) is 0 Å². The van der Waals surface area contributed by atoms with Crippen LogP contribution in [0.25, 0.3) is 0 Å². The number of aromatic nitrogens is 3. The molecule has 2 N–H and O–H groups in total. The van der Waals surface area contributed by atoms with Crippen LogP contribution < -0.4 is 5.32 Å². The average molecular weight is 326 g/mol. The zero-order chi connectivity index (χ0) is 16.2. The Balaban J connectivity index is 1.80. The van der Waals surface area contributed by atoms with Crippen LogP contribution in [0.2, 0.25) is 0 Å². The van der Waals surface area contributed by atoms with Crippen LogP contribution in [0.4, 0.5) is 0 Å². The number of rotatable bonds is 5. The largest absolute Gasteiger partial charge is 0.342 e. The summed E-state index contributed by atoms with van der Waals surface area (Å²) >= 11 is 1.54. The molecule has 0 fully saturated rings. The molecule has 1 aromatic carbocycles. The number of carbonyl (C=O) groups excluding carboxylic acids is 1. The second-order valence-corrected chi connectivity index (χ2v) is 6.30. The van der Waals surface area contributed by atoms with Crippen molar-refractivity contribution in [2.45, 2.75) is 26.3 Å². The molecule has 23 heavy (non-hydrogen) atoms. The molecule has 0 saturated carbocycles. The maximum Gasteiger partial charge on any atom is 0.225 e. The van der Waals surface area contributed by atoms with Gasteiger partial charge in [0.15, 0.2) is 0 Å². The molecule has 0 unspecified atom stereocenters. The lowest BCUT2D eigenvalue weighted by molar-refractivity contribution is -0.121. The summed E-state index contributed by atoms with van der Waals surface area (Å²) in [6, 6.07) is 9.67. The number of amides is 1. The van der Waals surface area contributed by atoms with Crippen molar-refractivity contribution in [3.05, 3.63) is 69.4 Å². The Bertz CT molecular complexity index is 761. The Morgan fingerprint density at radius 3 is 2.70 bits per heavy atom. The van der Waals surface area contributed by atoms with Crippen LogP contribution in [0, 0.1) is 13.8 Å². The van der Waals surface area contributed by atoms with Crippen molar-refractivity contribution >= 4 is 17.2 Å². The molecule has 6 heteroatoms. The van der Waals surface area contributed by atoms with Gasteiger partial charge in [-0.3, -0.25) is 9.89 Å². The summed E-state index contributed by atoms with van der Waals surface area (Å²) in [5.41, 5.74) is 3.77. The molecule has 2 aromatic heterocycles. The van der Waals surface area contributed by atoms with Crippen LogP contribution in [-0.2, 0) is 11.2 Å². The van der Waals surface area contributed by atoms with Gasteiger partial charge in [-0.1, -0.05) is 30.3 Å². The number of thiazole rings is 1. The van der Waals surface area contributed by atoms with E-state index < -0.39 is 0 Å². The van der Waals surface area contributed by atoms with Crippen molar-refractivity contribution in [1.29, 1.82) is 0 Å². The van der Waals surface area contributed by atoms with Crippen molar-refractivity contribution < 1.29 is 4.79 Å². The Labute approximate surface area is 138 Å². The van der Waals surface area contributed by atoms with Gasteiger partial charge in [-0.15, -0.1) is 11.3 Å². The molecule has 0 spiro atoms. The third-order valence-electron chi connectivity index (χ3n) is 3.75. The minimum atomic E-state index is -0.226. The first kappa shape index (κ1) is 15.4. The van der Waals surface area contributed by atoms with Gasteiger partial charge in [0.05, 0.1) is 12.1 Å². The van der Waals surface area contributed by atoms with E-state index in [0.717, 1.165) is 27.5 Å². The number of aromatic amines is 1. The first-order chi connectivity index (χ1) is 11.1. The number of hydrogen-bond acceptors (Lipinski definition) is 4. The lowest BCUT2D eigenvalue weighted by Gasteiger charge is -2.17. The summed E-state index contributed by atoms with van der Waals surface area (Å²) in [6.07, 6.45) is 2.06. The summed E-state index contributed by atoms with van der Waals surface area (Å²) in [5.74, 6) is -0.0401. The fourth-order valence-corrected chi connectivity index (χ4v) is 3.23. The number of nitrogens with zero attached hydrogens (tertiary/aromatic N) is 2. The Hall–Kier alpha value is -2.47. The second-order valence-electron chi connectivity index (χ2n) is 5.37. The number of nitrogens with one attached hydrogen (secondary N) is 2. The van der Waals surface area contributed by atoms with Crippen LogP contribution >= 0.6 is 11.3 Å². The lowest BCUT2D eigenvalue weighted by Crippen LogP contribution is -2.30. The molecule has 118 valence electrons. The molecule has 0 bridgehead atoms. The first-order valence-electron chi connectivity index (χ1n) is 7.39. The Kier molecular flexibility index (Phi) is 4.52. The number of benzene rings is 1. The van der Waals surface area contributed by atoms with Crippen molar-refractivity contribution in [3.63, 3.8) is 0 Å². The number of aryl methyl sites for hydroxylation is 2. The van der Waals surface area contributed by atoms with Crippen molar-refractivity contribution in [2.75, 3.05) is 0 Å². The highest BCUT2D eigenvalue weighted by Gasteiger charge is 2.20. The van der Waals surface area contributed by atoms with Crippen LogP contribution in [0.3, 0.4) is 0 Å². The van der Waals surface area contributed by atoms with Gasteiger partial charge in [0, 0.05) is 22.8 Å². The Morgan fingerprint density at radius 1 is 1.30 bits per heavy atom. The third-order valence-corrected chi connectivity index (χ3v) is 4.60. The highest BCUT2D eigenvalue weighted by Crippen LogP contribution is 2.24. The van der Waals surface area contributed by atoms with Crippen LogP contribution in [-0.4, -0.2) is 21.1 Å². The van der Waals surface area contributed by atoms with E-state index in [1.807, 2.05) is 49.6 Å². The fraction of sp³-hybridized carbons (Fsp3) is 0.235. The molecule has 0 aliphatic rings. The normalized spacial score (nSPS) is 12.1. The second kappa shape index (κ2) is 6.75. The van der Waals surface area contributed by atoms with E-state index in [-0.39, 0.29) is 11.9 Å². The molecule has 0 radical (unpaired) electrons. The molecule has 2 heterocycles. The van der Waals surface area contributed by atoms with Gasteiger partial charge >= 0.3 is 0 Å². The van der Waals surface area contributed by atoms with E-state index in [1.54, 1.807) is 6.20 Å². The molecular weight excluding hydrogens is 308 g/mol. The average Bonchev–Trinajstić information content (AvgIpc) is 3.19. The van der Waals surface area contributed by atoms with Crippen LogP contribution in [0.1, 0.15) is 33.6 Å². The summed E-state index contributed by atoms with van der Waals surface area (Å²) in [4.78, 5) is 16.9. The van der Waals surface area contributed by atoms with Crippen molar-refractivity contribution in [1.82, 2.24) is 20.5 Å². The molecular formula is C17H18N4OS. The monoisotopic (exact) mass is 326 g/mol. The van der Waals surface area contributed by atoms with Gasteiger partial charge in [0.25, 0.3) is 0 Å². The summed E-state index contributed by atoms with van der Waals surface area (Å²) in [5, 5.41) is 12.9. The van der Waals surface area contributed by atoms with Crippen LogP contribution in [0.5, 0.6) is 0 Å². The maximum atomic E-state index is 12.5. The number of hydrogen-bond donors (Lipinski definition) is 2. The van der Waals surface area contributed by atoms with E-state index in [0.29, 0.717) is 6.42 Å². The van der Waals surface area contributed by atoms with Crippen molar-refractivity contribution in [2.24, 2.45) is 0 Å². The van der Waals surface area contributed by atoms with E-state index in [1.165, 1.54) is 11.3 Å². The molecule has 3 rings (SSSR count). The summed E-state index contributed by atoms with van der Waals surface area (Å²) < 4.78 is 0. The molecule has 1 amide bonds. The van der Waals surface area contributed by atoms with Gasteiger partial charge in [0.1, 0.15) is 11.0 Å². The predicted molar refractivity (Wildman–Crippen MR) is 90.3 cm³/mol. The maximum absolute atomic E-state index is 12.5. The van der Waals surface area contributed by atoms with Crippen LogP contribution in [0.15, 0.2) is 41.9 Å². The van der Waals surface area contributed by atoms with Gasteiger partial charge in [-0.25, -0.2) is 4.98 Å². The number of carbonyl (C=O) groups is 1. The standard InChI is InChI=1S/C17H18N4OS/c1-11-14(12(2)21-20-11)10-15(22)19-16(17-18-8-9-23-17)13-6-4-3-5-7-13/h3-9,16H,10H2,1-2H3,(H,19,22)(H,20,21)/t16-/m1/s1. The van der Waals surface area contributed by atoms with E-state index in [2.05, 4.69) is 20.5 Å². The fourth-order valence-electron chi connectivity index (χ4n) is 2.52. The SMILES string of the molecule is Cc1n[nH]c(C)c1CC(=O)N[C@H](c1ccccc1)c1nccs1. The molecule has 0 saturated heterocycles. The minimum Gasteiger partial charge on any atom is -0.342 e. The first-order valence-corrected chi connectivity index (χ1v) is 8.27. The smallest absolute Gasteiger partial charge is 0.225 e. The molecule has 1 atom stereocenters. The number of H-pyrrole nitrogens is 1.